The molecule has 0 radical (unpaired) electrons. The molecular formula is C21H21N7O3. The number of anilines is 2. The number of nitrogens with two attached hydrogens (primary N) is 1. The molecule has 0 fully saturated rings. The maximum atomic E-state index is 12.3. The number of hydrogen-bond acceptors (Lipinski definition) is 7. The van der Waals surface area contributed by atoms with Gasteiger partial charge in [0.05, 0.1) is 10.5 Å². The fourth-order valence-corrected chi connectivity index (χ4v) is 3.62. The van der Waals surface area contributed by atoms with Crippen molar-refractivity contribution in [2.75, 3.05) is 24.3 Å². The lowest BCUT2D eigenvalue weighted by Crippen LogP contribution is -2.31. The van der Waals surface area contributed by atoms with Crippen molar-refractivity contribution in [1.82, 2.24) is 14.8 Å². The second kappa shape index (κ2) is 7.56. The monoisotopic (exact) mass is 419 g/mol. The maximum absolute atomic E-state index is 12.3. The molecule has 1 aromatic heterocycles. The number of nitrogens with one attached hydrogen (secondary N) is 1. The average molecular weight is 419 g/mol. The number of nitro groups is 1. The minimum atomic E-state index is -0.740. The Morgan fingerprint density at radius 1 is 1.23 bits per heavy atom. The molecule has 0 saturated heterocycles. The van der Waals surface area contributed by atoms with E-state index < -0.39 is 16.9 Å². The molecule has 2 heterocycles. The quantitative estimate of drug-likeness (QED) is 0.480. The first-order valence-corrected chi connectivity index (χ1v) is 9.52. The van der Waals surface area contributed by atoms with Gasteiger partial charge in [-0.05, 0) is 36.8 Å². The molecule has 4 rings (SSSR count). The molecule has 10 heteroatoms. The van der Waals surface area contributed by atoms with Gasteiger partial charge in [-0.25, -0.2) is 4.68 Å². The van der Waals surface area contributed by atoms with Crippen molar-refractivity contribution in [2.45, 2.75) is 13.0 Å². The number of benzene rings is 2. The van der Waals surface area contributed by atoms with Crippen LogP contribution in [-0.2, 0) is 4.79 Å². The van der Waals surface area contributed by atoms with E-state index in [1.165, 1.54) is 12.1 Å². The minimum Gasteiger partial charge on any atom is -0.378 e. The molecule has 31 heavy (non-hydrogen) atoms. The highest BCUT2D eigenvalue weighted by Crippen LogP contribution is 2.37. The van der Waals surface area contributed by atoms with Crippen LogP contribution in [0.5, 0.6) is 0 Å². The van der Waals surface area contributed by atoms with E-state index in [1.807, 2.05) is 43.3 Å². The van der Waals surface area contributed by atoms with Gasteiger partial charge in [-0.15, -0.1) is 5.10 Å². The topological polar surface area (TPSA) is 132 Å². The van der Waals surface area contributed by atoms with E-state index >= 15 is 0 Å². The van der Waals surface area contributed by atoms with E-state index in [1.54, 1.807) is 23.7 Å². The molecule has 2 aromatic carbocycles. The van der Waals surface area contributed by atoms with Crippen LogP contribution in [0.2, 0.25) is 0 Å². The van der Waals surface area contributed by atoms with Gasteiger partial charge in [-0.1, -0.05) is 12.1 Å². The molecule has 1 atom stereocenters. The van der Waals surface area contributed by atoms with Crippen molar-refractivity contribution < 1.29 is 9.72 Å². The van der Waals surface area contributed by atoms with E-state index in [0.717, 1.165) is 11.3 Å². The number of nitrogens with zero attached hydrogens (tertiary/aromatic N) is 5. The number of aromatic nitrogens is 3. The van der Waals surface area contributed by atoms with Gasteiger partial charge in [0, 0.05) is 43.2 Å². The van der Waals surface area contributed by atoms with Gasteiger partial charge in [0.25, 0.3) is 5.69 Å². The molecule has 10 nitrogen and oxygen atoms in total. The first kappa shape index (κ1) is 20.1. The van der Waals surface area contributed by atoms with Crippen molar-refractivity contribution in [3.63, 3.8) is 0 Å². The Labute approximate surface area is 178 Å². The predicted molar refractivity (Wildman–Crippen MR) is 117 cm³/mol. The molecule has 0 spiro atoms. The van der Waals surface area contributed by atoms with Crippen LogP contribution in [-0.4, -0.2) is 39.7 Å². The Balaban J connectivity index is 1.84. The Hall–Kier alpha value is -4.21. The zero-order valence-corrected chi connectivity index (χ0v) is 17.2. The van der Waals surface area contributed by atoms with Crippen LogP contribution in [0.1, 0.15) is 18.5 Å². The third kappa shape index (κ3) is 3.59. The van der Waals surface area contributed by atoms with Crippen molar-refractivity contribution in [1.29, 1.82) is 0 Å². The molecule has 0 saturated carbocycles. The smallest absolute Gasteiger partial charge is 0.269 e. The Kier molecular flexibility index (Phi) is 4.90. The van der Waals surface area contributed by atoms with Crippen LogP contribution in [0.15, 0.2) is 59.8 Å². The number of primary amides is 1. The summed E-state index contributed by atoms with van der Waals surface area (Å²) in [6.45, 7) is 1.72. The van der Waals surface area contributed by atoms with E-state index in [-0.39, 0.29) is 11.3 Å². The number of hydrogen-bond donors (Lipinski definition) is 2. The summed E-state index contributed by atoms with van der Waals surface area (Å²) in [5.41, 5.74) is 8.73. The van der Waals surface area contributed by atoms with Crippen molar-refractivity contribution >= 4 is 23.2 Å². The van der Waals surface area contributed by atoms with Crippen LogP contribution < -0.4 is 16.0 Å². The number of rotatable bonds is 5. The van der Waals surface area contributed by atoms with Gasteiger partial charge in [0.2, 0.25) is 11.9 Å². The van der Waals surface area contributed by atoms with Crippen LogP contribution in [0.25, 0.3) is 11.4 Å². The van der Waals surface area contributed by atoms with Crippen LogP contribution in [0.4, 0.5) is 17.3 Å². The number of carbonyl (C=O) groups excluding carboxylic acids is 1. The van der Waals surface area contributed by atoms with Gasteiger partial charge in [0.1, 0.15) is 6.04 Å². The summed E-state index contributed by atoms with van der Waals surface area (Å²) in [7, 11) is 3.91. The Morgan fingerprint density at radius 3 is 2.55 bits per heavy atom. The average Bonchev–Trinajstić information content (AvgIpc) is 3.16. The molecule has 3 aromatic rings. The number of fused-ring (bicyclic) bond motifs is 1. The van der Waals surface area contributed by atoms with E-state index in [0.29, 0.717) is 23.0 Å². The van der Waals surface area contributed by atoms with Crippen LogP contribution in [0.3, 0.4) is 0 Å². The molecule has 1 aliphatic heterocycles. The zero-order chi connectivity index (χ0) is 22.3. The van der Waals surface area contributed by atoms with E-state index in [9.17, 15) is 14.9 Å². The lowest BCUT2D eigenvalue weighted by molar-refractivity contribution is -0.384. The van der Waals surface area contributed by atoms with Gasteiger partial charge < -0.3 is 16.0 Å². The molecule has 1 amide bonds. The standard InChI is InChI=1S/C21H21N7O3/c1-12-17(19(22)29)18(14-5-4-6-16(11-14)28(30)31)27-21(23-12)24-20(25-27)13-7-9-15(10-8-13)26(2)3/h4-11,18H,1-3H3,(H2,22,29)(H,23,24,25). The molecule has 0 bridgehead atoms. The molecule has 0 aliphatic carbocycles. The van der Waals surface area contributed by atoms with Gasteiger partial charge >= 0.3 is 0 Å². The summed E-state index contributed by atoms with van der Waals surface area (Å²) in [6.07, 6.45) is 0. The number of amides is 1. The summed E-state index contributed by atoms with van der Waals surface area (Å²) < 4.78 is 1.54. The summed E-state index contributed by atoms with van der Waals surface area (Å²) >= 11 is 0. The summed E-state index contributed by atoms with van der Waals surface area (Å²) in [6, 6.07) is 13.1. The third-order valence-electron chi connectivity index (χ3n) is 5.16. The number of nitro benzene ring substituents is 1. The highest BCUT2D eigenvalue weighted by Gasteiger charge is 2.34. The van der Waals surface area contributed by atoms with Crippen molar-refractivity contribution in [3.05, 3.63) is 75.5 Å². The van der Waals surface area contributed by atoms with Crippen LogP contribution in [0, 0.1) is 10.1 Å². The minimum absolute atomic E-state index is 0.0846. The van der Waals surface area contributed by atoms with Gasteiger partial charge in [-0.2, -0.15) is 4.98 Å². The predicted octanol–water partition coefficient (Wildman–Crippen LogP) is 2.69. The SMILES string of the molecule is CC1=C(C(N)=O)C(c2cccc([N+](=O)[O-])c2)n2nc(-c3ccc(N(C)C)cc3)nc2N1. The molecule has 3 N–H and O–H groups in total. The second-order valence-corrected chi connectivity index (χ2v) is 7.43. The lowest BCUT2D eigenvalue weighted by atomic mass is 9.95. The van der Waals surface area contributed by atoms with E-state index in [2.05, 4.69) is 15.4 Å². The summed E-state index contributed by atoms with van der Waals surface area (Å²) in [4.78, 5) is 29.6. The fourth-order valence-electron chi connectivity index (χ4n) is 3.62. The first-order chi connectivity index (χ1) is 14.8. The van der Waals surface area contributed by atoms with Crippen molar-refractivity contribution in [3.8, 4) is 11.4 Å². The maximum Gasteiger partial charge on any atom is 0.269 e. The second-order valence-electron chi connectivity index (χ2n) is 7.43. The van der Waals surface area contributed by atoms with Crippen molar-refractivity contribution in [2.24, 2.45) is 5.73 Å². The van der Waals surface area contributed by atoms with Gasteiger partial charge in [-0.3, -0.25) is 14.9 Å². The molecule has 1 aliphatic rings. The van der Waals surface area contributed by atoms with Gasteiger partial charge in [0.15, 0.2) is 5.82 Å². The molecule has 1 unspecified atom stereocenters. The Morgan fingerprint density at radius 2 is 1.94 bits per heavy atom. The highest BCUT2D eigenvalue weighted by molar-refractivity contribution is 5.95. The molecular weight excluding hydrogens is 398 g/mol. The van der Waals surface area contributed by atoms with Crippen LogP contribution >= 0.6 is 0 Å². The zero-order valence-electron chi connectivity index (χ0n) is 17.2. The summed E-state index contributed by atoms with van der Waals surface area (Å²) in [5.74, 6) is 0.243. The Bertz CT molecular complexity index is 1210. The lowest BCUT2D eigenvalue weighted by Gasteiger charge is -2.27. The fraction of sp³-hybridized carbons (Fsp3) is 0.190. The summed E-state index contributed by atoms with van der Waals surface area (Å²) in [5, 5.41) is 19.0. The number of non-ortho nitro benzene ring substituents is 1. The third-order valence-corrected chi connectivity index (χ3v) is 5.16. The first-order valence-electron chi connectivity index (χ1n) is 9.52. The van der Waals surface area contributed by atoms with E-state index in [4.69, 9.17) is 5.73 Å². The number of carbonyl (C=O) groups is 1. The largest absolute Gasteiger partial charge is 0.378 e. The molecule has 158 valence electrons. The highest BCUT2D eigenvalue weighted by atomic mass is 16.6. The number of allylic oxidation sites excluding steroid dienone is 1. The normalized spacial score (nSPS) is 15.3.